The Bertz CT molecular complexity index is 391. The van der Waals surface area contributed by atoms with E-state index >= 15 is 0 Å². The lowest BCUT2D eigenvalue weighted by Crippen LogP contribution is -2.24. The van der Waals surface area contributed by atoms with E-state index in [0.29, 0.717) is 25.2 Å². The fraction of sp³-hybridized carbons (Fsp3) is 0.647. The molecule has 1 aromatic carbocycles. The summed E-state index contributed by atoms with van der Waals surface area (Å²) in [6, 6.07) is 6.73. The zero-order valence-corrected chi connectivity index (χ0v) is 13.5. The van der Waals surface area contributed by atoms with Crippen LogP contribution < -0.4 is 14.8 Å². The first-order valence-corrected chi connectivity index (χ1v) is 7.68. The minimum Gasteiger partial charge on any atom is -0.490 e. The smallest absolute Gasteiger partial charge is 0.161 e. The number of hydrogen-bond acceptors (Lipinski definition) is 3. The zero-order valence-electron chi connectivity index (χ0n) is 13.5. The van der Waals surface area contributed by atoms with E-state index < -0.39 is 0 Å². The Balaban J connectivity index is 2.72. The number of hydrogen-bond donors (Lipinski definition) is 1. The average Bonchev–Trinajstić information content (AvgIpc) is 2.43. The highest BCUT2D eigenvalue weighted by atomic mass is 16.5. The van der Waals surface area contributed by atoms with Crippen LogP contribution in [0.2, 0.25) is 0 Å². The second kappa shape index (κ2) is 8.85. The van der Waals surface area contributed by atoms with Crippen molar-refractivity contribution in [2.75, 3.05) is 13.2 Å². The molecule has 0 bridgehead atoms. The van der Waals surface area contributed by atoms with Crippen molar-refractivity contribution in [2.24, 2.45) is 5.92 Å². The van der Waals surface area contributed by atoms with E-state index in [2.05, 4.69) is 45.1 Å². The van der Waals surface area contributed by atoms with Crippen LogP contribution in [0, 0.1) is 5.92 Å². The first kappa shape index (κ1) is 16.8. The molecule has 20 heavy (non-hydrogen) atoms. The van der Waals surface area contributed by atoms with Crippen molar-refractivity contribution in [2.45, 2.75) is 53.6 Å². The molecule has 0 aliphatic carbocycles. The van der Waals surface area contributed by atoms with Crippen LogP contribution in [0.25, 0.3) is 0 Å². The minimum absolute atomic E-state index is 0.510. The molecular weight excluding hydrogens is 250 g/mol. The molecule has 3 nitrogen and oxygen atoms in total. The predicted octanol–water partition coefficient (Wildman–Crippen LogP) is 4.01. The third kappa shape index (κ3) is 5.83. The van der Waals surface area contributed by atoms with Gasteiger partial charge in [0, 0.05) is 12.6 Å². The highest BCUT2D eigenvalue weighted by molar-refractivity contribution is 5.43. The van der Waals surface area contributed by atoms with Crippen LogP contribution in [0.1, 0.15) is 46.6 Å². The summed E-state index contributed by atoms with van der Waals surface area (Å²) in [6.07, 6.45) is 1.13. The van der Waals surface area contributed by atoms with E-state index in [-0.39, 0.29) is 0 Å². The SMILES string of the molecule is CCOc1cc(CN[C@@H](C)CC)ccc1OCC(C)C. The third-order valence-corrected chi connectivity index (χ3v) is 3.15. The summed E-state index contributed by atoms with van der Waals surface area (Å²) >= 11 is 0. The molecule has 0 unspecified atom stereocenters. The van der Waals surface area contributed by atoms with Gasteiger partial charge in [-0.15, -0.1) is 0 Å². The van der Waals surface area contributed by atoms with Crippen molar-refractivity contribution in [1.82, 2.24) is 5.32 Å². The maximum absolute atomic E-state index is 5.81. The quantitative estimate of drug-likeness (QED) is 0.741. The molecule has 0 heterocycles. The molecule has 1 aromatic rings. The fourth-order valence-corrected chi connectivity index (χ4v) is 1.74. The standard InChI is InChI=1S/C17H29NO2/c1-6-14(5)18-11-15-8-9-16(20-12-13(3)4)17(10-15)19-7-2/h8-10,13-14,18H,6-7,11-12H2,1-5H3/t14-/m0/s1. The van der Waals surface area contributed by atoms with E-state index in [9.17, 15) is 0 Å². The van der Waals surface area contributed by atoms with Crippen LogP contribution in [-0.4, -0.2) is 19.3 Å². The van der Waals surface area contributed by atoms with Crippen LogP contribution in [-0.2, 0) is 6.54 Å². The summed E-state index contributed by atoms with van der Waals surface area (Å²) < 4.78 is 11.5. The lowest BCUT2D eigenvalue weighted by atomic mass is 10.1. The lowest BCUT2D eigenvalue weighted by Gasteiger charge is -2.16. The maximum atomic E-state index is 5.81. The van der Waals surface area contributed by atoms with E-state index in [0.717, 1.165) is 24.5 Å². The Morgan fingerprint density at radius 1 is 1.05 bits per heavy atom. The molecular formula is C17H29NO2. The first-order chi connectivity index (χ1) is 9.56. The molecule has 0 saturated carbocycles. The van der Waals surface area contributed by atoms with Crippen molar-refractivity contribution >= 4 is 0 Å². The van der Waals surface area contributed by atoms with Crippen LogP contribution in [0.4, 0.5) is 0 Å². The molecule has 0 saturated heterocycles. The van der Waals surface area contributed by atoms with Crippen LogP contribution >= 0.6 is 0 Å². The largest absolute Gasteiger partial charge is 0.490 e. The minimum atomic E-state index is 0.510. The van der Waals surface area contributed by atoms with Gasteiger partial charge < -0.3 is 14.8 Å². The second-order valence-corrected chi connectivity index (χ2v) is 5.61. The van der Waals surface area contributed by atoms with Gasteiger partial charge >= 0.3 is 0 Å². The summed E-state index contributed by atoms with van der Waals surface area (Å²) in [5.41, 5.74) is 1.23. The van der Waals surface area contributed by atoms with Crippen LogP contribution in [0.5, 0.6) is 11.5 Å². The molecule has 1 N–H and O–H groups in total. The molecule has 0 amide bonds. The Morgan fingerprint density at radius 3 is 2.40 bits per heavy atom. The van der Waals surface area contributed by atoms with Gasteiger partial charge in [0.2, 0.25) is 0 Å². The summed E-state index contributed by atoms with van der Waals surface area (Å²) in [4.78, 5) is 0. The van der Waals surface area contributed by atoms with Gasteiger partial charge in [0.05, 0.1) is 13.2 Å². The van der Waals surface area contributed by atoms with Crippen LogP contribution in [0.3, 0.4) is 0 Å². The first-order valence-electron chi connectivity index (χ1n) is 7.68. The lowest BCUT2D eigenvalue weighted by molar-refractivity contribution is 0.248. The second-order valence-electron chi connectivity index (χ2n) is 5.61. The molecule has 1 atom stereocenters. The topological polar surface area (TPSA) is 30.5 Å². The van der Waals surface area contributed by atoms with Gasteiger partial charge in [0.15, 0.2) is 11.5 Å². The van der Waals surface area contributed by atoms with Crippen molar-refractivity contribution in [3.05, 3.63) is 23.8 Å². The molecule has 114 valence electrons. The summed E-state index contributed by atoms with van der Waals surface area (Å²) in [7, 11) is 0. The molecule has 1 rings (SSSR count). The van der Waals surface area contributed by atoms with Crippen molar-refractivity contribution in [1.29, 1.82) is 0 Å². The van der Waals surface area contributed by atoms with E-state index in [1.54, 1.807) is 0 Å². The highest BCUT2D eigenvalue weighted by Gasteiger charge is 2.08. The summed E-state index contributed by atoms with van der Waals surface area (Å²) in [5.74, 6) is 2.20. The van der Waals surface area contributed by atoms with Crippen molar-refractivity contribution in [3.63, 3.8) is 0 Å². The molecule has 0 aliphatic heterocycles. The Hall–Kier alpha value is -1.22. The number of rotatable bonds is 9. The molecule has 3 heteroatoms. The third-order valence-electron chi connectivity index (χ3n) is 3.15. The Morgan fingerprint density at radius 2 is 1.80 bits per heavy atom. The number of ether oxygens (including phenoxy) is 2. The van der Waals surface area contributed by atoms with Gasteiger partial charge in [-0.3, -0.25) is 0 Å². The van der Waals surface area contributed by atoms with E-state index in [1.807, 2.05) is 13.0 Å². The van der Waals surface area contributed by atoms with Crippen molar-refractivity contribution in [3.8, 4) is 11.5 Å². The fourth-order valence-electron chi connectivity index (χ4n) is 1.74. The monoisotopic (exact) mass is 279 g/mol. The Kier molecular flexibility index (Phi) is 7.45. The highest BCUT2D eigenvalue weighted by Crippen LogP contribution is 2.29. The summed E-state index contributed by atoms with van der Waals surface area (Å²) in [6.45, 7) is 12.9. The van der Waals surface area contributed by atoms with Crippen LogP contribution in [0.15, 0.2) is 18.2 Å². The van der Waals surface area contributed by atoms with E-state index in [1.165, 1.54) is 5.56 Å². The maximum Gasteiger partial charge on any atom is 0.161 e. The normalized spacial score (nSPS) is 12.5. The van der Waals surface area contributed by atoms with Gasteiger partial charge in [-0.2, -0.15) is 0 Å². The summed E-state index contributed by atoms with van der Waals surface area (Å²) in [5, 5.41) is 3.49. The molecule has 0 aromatic heterocycles. The Labute approximate surface area is 123 Å². The van der Waals surface area contributed by atoms with Gasteiger partial charge in [-0.1, -0.05) is 26.8 Å². The van der Waals surface area contributed by atoms with Gasteiger partial charge in [0.1, 0.15) is 0 Å². The van der Waals surface area contributed by atoms with Crippen molar-refractivity contribution < 1.29 is 9.47 Å². The average molecular weight is 279 g/mol. The molecule has 0 spiro atoms. The van der Waals surface area contributed by atoms with Gasteiger partial charge in [-0.05, 0) is 43.9 Å². The zero-order chi connectivity index (χ0) is 15.0. The molecule has 0 aliphatic rings. The number of benzene rings is 1. The molecule has 0 radical (unpaired) electrons. The number of nitrogens with one attached hydrogen (secondary N) is 1. The molecule has 0 fully saturated rings. The predicted molar refractivity (Wildman–Crippen MR) is 84.5 cm³/mol. The van der Waals surface area contributed by atoms with E-state index in [4.69, 9.17) is 9.47 Å². The van der Waals surface area contributed by atoms with Gasteiger partial charge in [0.25, 0.3) is 0 Å². The van der Waals surface area contributed by atoms with Gasteiger partial charge in [-0.25, -0.2) is 0 Å².